The van der Waals surface area contributed by atoms with Gasteiger partial charge in [0.25, 0.3) is 5.69 Å². The molecule has 2 aromatic rings. The average molecular weight is 358 g/mol. The Bertz CT molecular complexity index is 785. The summed E-state index contributed by atoms with van der Waals surface area (Å²) in [5.74, 6) is 1.13. The Morgan fingerprint density at radius 1 is 1.38 bits per heavy atom. The number of nitro groups is 1. The summed E-state index contributed by atoms with van der Waals surface area (Å²) in [7, 11) is 0. The molecule has 0 N–H and O–H groups in total. The fourth-order valence-corrected chi connectivity index (χ4v) is 2.98. The van der Waals surface area contributed by atoms with Crippen molar-refractivity contribution in [3.8, 4) is 11.4 Å². The molecule has 0 unspecified atom stereocenters. The van der Waals surface area contributed by atoms with Crippen molar-refractivity contribution >= 4 is 11.6 Å². The molecule has 138 valence electrons. The monoisotopic (exact) mass is 358 g/mol. The lowest BCUT2D eigenvalue weighted by Gasteiger charge is -2.31. The molecule has 3 rings (SSSR count). The van der Waals surface area contributed by atoms with Gasteiger partial charge in [-0.15, -0.1) is 0 Å². The van der Waals surface area contributed by atoms with Gasteiger partial charge in [-0.2, -0.15) is 4.98 Å². The molecule has 1 aromatic carbocycles. The largest absolute Gasteiger partial charge is 0.342 e. The molecular formula is C18H22N4O4. The van der Waals surface area contributed by atoms with E-state index in [2.05, 4.69) is 10.1 Å². The number of nitro benzene ring substituents is 1. The topological polar surface area (TPSA) is 102 Å². The van der Waals surface area contributed by atoms with Crippen molar-refractivity contribution in [2.75, 3.05) is 13.1 Å². The molecule has 0 atom stereocenters. The Balaban J connectivity index is 1.64. The minimum atomic E-state index is -0.459. The van der Waals surface area contributed by atoms with Crippen LogP contribution in [0.1, 0.15) is 38.5 Å². The van der Waals surface area contributed by atoms with Crippen LogP contribution >= 0.6 is 0 Å². The summed E-state index contributed by atoms with van der Waals surface area (Å²) in [5.41, 5.74) is 0.513. The Morgan fingerprint density at radius 3 is 2.85 bits per heavy atom. The molecule has 26 heavy (non-hydrogen) atoms. The molecule has 8 nitrogen and oxygen atoms in total. The number of amides is 1. The van der Waals surface area contributed by atoms with Crippen LogP contribution in [0.3, 0.4) is 0 Å². The van der Waals surface area contributed by atoms with Crippen LogP contribution in [-0.2, 0) is 11.2 Å². The van der Waals surface area contributed by atoms with Crippen molar-refractivity contribution < 1.29 is 14.2 Å². The van der Waals surface area contributed by atoms with E-state index in [0.29, 0.717) is 30.2 Å². The van der Waals surface area contributed by atoms with Crippen LogP contribution < -0.4 is 0 Å². The van der Waals surface area contributed by atoms with Gasteiger partial charge in [0.1, 0.15) is 0 Å². The zero-order valence-electron chi connectivity index (χ0n) is 14.8. The van der Waals surface area contributed by atoms with Crippen molar-refractivity contribution in [3.63, 3.8) is 0 Å². The maximum atomic E-state index is 12.5. The molecule has 0 radical (unpaired) electrons. The summed E-state index contributed by atoms with van der Waals surface area (Å²) in [5, 5.41) is 14.8. The van der Waals surface area contributed by atoms with Crippen molar-refractivity contribution in [1.82, 2.24) is 15.0 Å². The molecule has 1 saturated carbocycles. The zero-order chi connectivity index (χ0) is 18.5. The van der Waals surface area contributed by atoms with Gasteiger partial charge in [0.15, 0.2) is 0 Å². The highest BCUT2D eigenvalue weighted by Gasteiger charge is 2.29. The van der Waals surface area contributed by atoms with Gasteiger partial charge in [-0.25, -0.2) is 0 Å². The van der Waals surface area contributed by atoms with E-state index < -0.39 is 4.92 Å². The van der Waals surface area contributed by atoms with Crippen molar-refractivity contribution in [1.29, 1.82) is 0 Å². The number of benzene rings is 1. The van der Waals surface area contributed by atoms with Gasteiger partial charge >= 0.3 is 0 Å². The summed E-state index contributed by atoms with van der Waals surface area (Å²) in [6.07, 6.45) is 4.47. The molecule has 1 heterocycles. The van der Waals surface area contributed by atoms with Gasteiger partial charge in [0.2, 0.25) is 17.6 Å². The van der Waals surface area contributed by atoms with Gasteiger partial charge in [0, 0.05) is 43.1 Å². The van der Waals surface area contributed by atoms with E-state index in [0.717, 1.165) is 32.2 Å². The number of nitrogens with zero attached hydrogens (tertiary/aromatic N) is 4. The number of hydrogen-bond acceptors (Lipinski definition) is 6. The number of non-ortho nitro benzene ring substituents is 1. The van der Waals surface area contributed by atoms with Crippen LogP contribution in [0.5, 0.6) is 0 Å². The second-order valence-electron chi connectivity index (χ2n) is 6.52. The third-order valence-electron chi connectivity index (χ3n) is 4.64. The Labute approximate surface area is 151 Å². The van der Waals surface area contributed by atoms with E-state index in [9.17, 15) is 14.9 Å². The molecule has 1 fully saturated rings. The lowest BCUT2D eigenvalue weighted by atomic mass is 9.84. The Kier molecular flexibility index (Phi) is 5.60. The van der Waals surface area contributed by atoms with Crippen LogP contribution in [0.4, 0.5) is 5.69 Å². The SMILES string of the molecule is CCCN(CCc1nc(-c2cccc([N+](=O)[O-])c2)no1)C(=O)C1CCC1. The van der Waals surface area contributed by atoms with Gasteiger partial charge in [-0.1, -0.05) is 30.6 Å². The quantitative estimate of drug-likeness (QED) is 0.530. The third kappa shape index (κ3) is 4.07. The number of aromatic nitrogens is 2. The predicted octanol–water partition coefficient (Wildman–Crippen LogP) is 3.23. The summed E-state index contributed by atoms with van der Waals surface area (Å²) in [6, 6.07) is 6.12. The Hall–Kier alpha value is -2.77. The molecule has 0 bridgehead atoms. The summed E-state index contributed by atoms with van der Waals surface area (Å²) < 4.78 is 5.26. The van der Waals surface area contributed by atoms with Crippen LogP contribution in [-0.4, -0.2) is 39.0 Å². The molecular weight excluding hydrogens is 336 g/mol. The highest BCUT2D eigenvalue weighted by Crippen LogP contribution is 2.28. The highest BCUT2D eigenvalue weighted by molar-refractivity contribution is 5.79. The van der Waals surface area contributed by atoms with E-state index >= 15 is 0 Å². The van der Waals surface area contributed by atoms with Crippen molar-refractivity contribution in [2.45, 2.75) is 39.0 Å². The first kappa shape index (κ1) is 18.0. The molecule has 1 aliphatic carbocycles. The van der Waals surface area contributed by atoms with Crippen molar-refractivity contribution in [2.24, 2.45) is 5.92 Å². The lowest BCUT2D eigenvalue weighted by molar-refractivity contribution is -0.384. The maximum Gasteiger partial charge on any atom is 0.270 e. The van der Waals surface area contributed by atoms with Crippen LogP contribution in [0, 0.1) is 16.0 Å². The molecule has 1 amide bonds. The fourth-order valence-electron chi connectivity index (χ4n) is 2.98. The van der Waals surface area contributed by atoms with Crippen molar-refractivity contribution in [3.05, 3.63) is 40.3 Å². The van der Waals surface area contributed by atoms with Gasteiger partial charge in [-0.05, 0) is 19.3 Å². The molecule has 0 saturated heterocycles. The molecule has 1 aromatic heterocycles. The normalized spacial score (nSPS) is 14.0. The molecule has 0 aliphatic heterocycles. The molecule has 1 aliphatic rings. The van der Waals surface area contributed by atoms with Crippen LogP contribution in [0.25, 0.3) is 11.4 Å². The van der Waals surface area contributed by atoms with Crippen LogP contribution in [0.15, 0.2) is 28.8 Å². The van der Waals surface area contributed by atoms with Gasteiger partial charge < -0.3 is 9.42 Å². The second-order valence-corrected chi connectivity index (χ2v) is 6.52. The zero-order valence-corrected chi connectivity index (χ0v) is 14.8. The second kappa shape index (κ2) is 8.07. The number of rotatable bonds is 8. The smallest absolute Gasteiger partial charge is 0.270 e. The Morgan fingerprint density at radius 2 is 2.19 bits per heavy atom. The predicted molar refractivity (Wildman–Crippen MR) is 94.3 cm³/mol. The fraction of sp³-hybridized carbons (Fsp3) is 0.500. The number of carbonyl (C=O) groups excluding carboxylic acids is 1. The van der Waals surface area contributed by atoms with E-state index in [1.807, 2.05) is 11.8 Å². The van der Waals surface area contributed by atoms with Gasteiger partial charge in [-0.3, -0.25) is 14.9 Å². The number of hydrogen-bond donors (Lipinski definition) is 0. The third-order valence-corrected chi connectivity index (χ3v) is 4.64. The highest BCUT2D eigenvalue weighted by atomic mass is 16.6. The van der Waals surface area contributed by atoms with E-state index in [1.54, 1.807) is 12.1 Å². The summed E-state index contributed by atoms with van der Waals surface area (Å²) in [4.78, 5) is 29.1. The molecule has 8 heteroatoms. The van der Waals surface area contributed by atoms with E-state index in [1.165, 1.54) is 12.1 Å². The average Bonchev–Trinajstić information content (AvgIpc) is 3.06. The van der Waals surface area contributed by atoms with E-state index in [-0.39, 0.29) is 17.5 Å². The summed E-state index contributed by atoms with van der Waals surface area (Å²) >= 11 is 0. The standard InChI is InChI=1S/C18H22N4O4/c1-2-10-21(18(23)13-5-3-6-13)11-9-16-19-17(20-26-16)14-7-4-8-15(12-14)22(24)25/h4,7-8,12-13H,2-3,5-6,9-11H2,1H3. The van der Waals surface area contributed by atoms with Gasteiger partial charge in [0.05, 0.1) is 4.92 Å². The van der Waals surface area contributed by atoms with Crippen LogP contribution in [0.2, 0.25) is 0 Å². The molecule has 0 spiro atoms. The van der Waals surface area contributed by atoms with E-state index in [4.69, 9.17) is 4.52 Å². The first-order chi connectivity index (χ1) is 12.6. The minimum Gasteiger partial charge on any atom is -0.342 e. The lowest BCUT2D eigenvalue weighted by Crippen LogP contribution is -2.40. The first-order valence-corrected chi connectivity index (χ1v) is 8.94. The minimum absolute atomic E-state index is 0.0194. The summed E-state index contributed by atoms with van der Waals surface area (Å²) in [6.45, 7) is 3.31. The first-order valence-electron chi connectivity index (χ1n) is 8.94. The maximum absolute atomic E-state index is 12.5. The number of carbonyl (C=O) groups is 1.